The van der Waals surface area contributed by atoms with Crippen molar-refractivity contribution in [3.05, 3.63) is 76.0 Å². The summed E-state index contributed by atoms with van der Waals surface area (Å²) in [6.07, 6.45) is 1.31. The molecule has 3 aromatic rings. The number of nitrogens with one attached hydrogen (secondary N) is 2. The van der Waals surface area contributed by atoms with Crippen LogP contribution in [0.4, 0.5) is 4.39 Å². The molecule has 0 aliphatic carbocycles. The largest absolute Gasteiger partial charge is 0.292 e. The summed E-state index contributed by atoms with van der Waals surface area (Å²) in [6, 6.07) is 12.4. The number of rotatable bonds is 3. The smallest absolute Gasteiger partial charge is 0.267 e. The minimum absolute atomic E-state index is 0.0524. The van der Waals surface area contributed by atoms with Crippen LogP contribution in [0.5, 0.6) is 0 Å². The van der Waals surface area contributed by atoms with E-state index in [2.05, 4.69) is 20.7 Å². The molecule has 2 N–H and O–H groups in total. The minimum atomic E-state index is -0.579. The lowest BCUT2D eigenvalue weighted by Crippen LogP contribution is -2.22. The van der Waals surface area contributed by atoms with E-state index in [1.807, 2.05) is 0 Å². The van der Waals surface area contributed by atoms with Crippen LogP contribution >= 0.6 is 0 Å². The maximum absolute atomic E-state index is 13.0. The molecular weight excluding hydrogens is 299 g/mol. The fraction of sp³-hybridized carbons (Fsp3) is 0. The highest BCUT2D eigenvalue weighted by molar-refractivity contribution is 6.04. The molecule has 1 heterocycles. The van der Waals surface area contributed by atoms with Gasteiger partial charge in [-0.05, 0) is 23.8 Å². The molecule has 1 amide bonds. The van der Waals surface area contributed by atoms with Crippen LogP contribution in [0, 0.1) is 5.82 Å². The van der Waals surface area contributed by atoms with E-state index in [9.17, 15) is 14.0 Å². The molecule has 6 nitrogen and oxygen atoms in total. The zero-order valence-electron chi connectivity index (χ0n) is 11.8. The van der Waals surface area contributed by atoms with Gasteiger partial charge in [0.25, 0.3) is 11.5 Å². The van der Waals surface area contributed by atoms with Crippen molar-refractivity contribution in [1.82, 2.24) is 15.6 Å². The minimum Gasteiger partial charge on any atom is -0.267 e. The fourth-order valence-corrected chi connectivity index (χ4v) is 2.09. The fourth-order valence-electron chi connectivity index (χ4n) is 2.09. The molecular formula is C16H11FN4O2. The Labute approximate surface area is 129 Å². The van der Waals surface area contributed by atoms with E-state index in [-0.39, 0.29) is 11.3 Å². The van der Waals surface area contributed by atoms with Crippen LogP contribution in [0.25, 0.3) is 10.8 Å². The predicted molar refractivity (Wildman–Crippen MR) is 83.8 cm³/mol. The molecule has 1 aromatic heterocycles. The quantitative estimate of drug-likeness (QED) is 0.571. The van der Waals surface area contributed by atoms with Crippen molar-refractivity contribution in [2.75, 3.05) is 0 Å². The lowest BCUT2D eigenvalue weighted by atomic mass is 10.1. The number of hydrogen-bond donors (Lipinski definition) is 2. The van der Waals surface area contributed by atoms with Crippen LogP contribution in [0.2, 0.25) is 0 Å². The van der Waals surface area contributed by atoms with Crippen molar-refractivity contribution in [2.24, 2.45) is 5.10 Å². The molecule has 0 unspecified atom stereocenters. The Bertz CT molecular complexity index is 965. The van der Waals surface area contributed by atoms with Gasteiger partial charge in [-0.25, -0.2) is 14.9 Å². The number of hydrogen-bond acceptors (Lipinski definition) is 4. The second kappa shape index (κ2) is 6.18. The normalized spacial score (nSPS) is 11.0. The number of carbonyl (C=O) groups is 1. The molecule has 0 atom stereocenters. The molecule has 114 valence electrons. The summed E-state index contributed by atoms with van der Waals surface area (Å²) in [6.45, 7) is 0. The van der Waals surface area contributed by atoms with Crippen molar-refractivity contribution >= 4 is 22.9 Å². The number of fused-ring (bicyclic) bond motifs is 1. The van der Waals surface area contributed by atoms with Gasteiger partial charge in [-0.3, -0.25) is 9.59 Å². The molecule has 7 heteroatoms. The second-order valence-electron chi connectivity index (χ2n) is 4.70. The zero-order valence-corrected chi connectivity index (χ0v) is 11.8. The highest BCUT2D eigenvalue weighted by Crippen LogP contribution is 2.12. The summed E-state index contributed by atoms with van der Waals surface area (Å²) >= 11 is 0. The van der Waals surface area contributed by atoms with Crippen LogP contribution in [0.1, 0.15) is 16.1 Å². The van der Waals surface area contributed by atoms with Gasteiger partial charge in [0.2, 0.25) is 0 Å². The van der Waals surface area contributed by atoms with Crippen molar-refractivity contribution in [1.29, 1.82) is 0 Å². The second-order valence-corrected chi connectivity index (χ2v) is 4.70. The highest BCUT2D eigenvalue weighted by Gasteiger charge is 2.12. The van der Waals surface area contributed by atoms with E-state index in [4.69, 9.17) is 0 Å². The summed E-state index contributed by atoms with van der Waals surface area (Å²) in [4.78, 5) is 23.8. The third-order valence-corrected chi connectivity index (χ3v) is 3.14. The summed E-state index contributed by atoms with van der Waals surface area (Å²) < 4.78 is 13.0. The number of aromatic amines is 1. The number of amides is 1. The Morgan fingerprint density at radius 2 is 1.96 bits per heavy atom. The third kappa shape index (κ3) is 3.13. The van der Waals surface area contributed by atoms with Gasteiger partial charge in [-0.1, -0.05) is 30.3 Å². The van der Waals surface area contributed by atoms with Gasteiger partial charge in [0.05, 0.1) is 11.6 Å². The van der Waals surface area contributed by atoms with E-state index in [1.165, 1.54) is 24.4 Å². The molecule has 0 fully saturated rings. The van der Waals surface area contributed by atoms with Crippen LogP contribution in [0.15, 0.2) is 58.4 Å². The molecule has 0 bridgehead atoms. The molecule has 0 radical (unpaired) electrons. The lowest BCUT2D eigenvalue weighted by Gasteiger charge is -2.03. The first-order chi connectivity index (χ1) is 11.1. The van der Waals surface area contributed by atoms with Crippen LogP contribution < -0.4 is 11.0 Å². The van der Waals surface area contributed by atoms with E-state index in [0.29, 0.717) is 16.3 Å². The lowest BCUT2D eigenvalue weighted by molar-refractivity contribution is 0.0951. The predicted octanol–water partition coefficient (Wildman–Crippen LogP) is 1.83. The Morgan fingerprint density at radius 3 is 2.74 bits per heavy atom. The first-order valence-electron chi connectivity index (χ1n) is 6.71. The summed E-state index contributed by atoms with van der Waals surface area (Å²) in [7, 11) is 0. The topological polar surface area (TPSA) is 87.2 Å². The van der Waals surface area contributed by atoms with Crippen molar-refractivity contribution < 1.29 is 9.18 Å². The number of nitrogens with zero attached hydrogens (tertiary/aromatic N) is 2. The van der Waals surface area contributed by atoms with Gasteiger partial charge in [-0.2, -0.15) is 10.2 Å². The van der Waals surface area contributed by atoms with Crippen LogP contribution in [-0.4, -0.2) is 22.3 Å². The van der Waals surface area contributed by atoms with E-state index in [1.54, 1.807) is 30.3 Å². The van der Waals surface area contributed by atoms with Crippen molar-refractivity contribution in [2.45, 2.75) is 0 Å². The van der Waals surface area contributed by atoms with Crippen molar-refractivity contribution in [3.8, 4) is 0 Å². The average Bonchev–Trinajstić information content (AvgIpc) is 2.55. The van der Waals surface area contributed by atoms with Crippen LogP contribution in [0.3, 0.4) is 0 Å². The number of hydrazone groups is 1. The third-order valence-electron chi connectivity index (χ3n) is 3.14. The first kappa shape index (κ1) is 14.6. The SMILES string of the molecule is O=C(N/N=C\c1cccc(F)c1)c1n[nH]c(=O)c2ccccc12. The number of benzene rings is 2. The molecule has 0 aliphatic rings. The van der Waals surface area contributed by atoms with Gasteiger partial charge >= 0.3 is 0 Å². The number of aromatic nitrogens is 2. The molecule has 0 saturated carbocycles. The Hall–Kier alpha value is -3.35. The Balaban J connectivity index is 1.84. The van der Waals surface area contributed by atoms with Crippen molar-refractivity contribution in [3.63, 3.8) is 0 Å². The highest BCUT2D eigenvalue weighted by atomic mass is 19.1. The standard InChI is InChI=1S/C16H11FN4O2/c17-11-5-3-4-10(8-11)9-18-20-16(23)14-12-6-1-2-7-13(12)15(22)21-19-14/h1-9H,(H,20,23)(H,21,22)/b18-9-. The summed E-state index contributed by atoms with van der Waals surface area (Å²) in [5.74, 6) is -0.973. The molecule has 0 spiro atoms. The zero-order chi connectivity index (χ0) is 16.2. The Kier molecular flexibility index (Phi) is 3.92. The molecule has 0 saturated heterocycles. The maximum atomic E-state index is 13.0. The average molecular weight is 310 g/mol. The van der Waals surface area contributed by atoms with Gasteiger partial charge in [0.1, 0.15) is 5.82 Å². The van der Waals surface area contributed by atoms with Gasteiger partial charge < -0.3 is 0 Å². The van der Waals surface area contributed by atoms with E-state index >= 15 is 0 Å². The molecule has 23 heavy (non-hydrogen) atoms. The van der Waals surface area contributed by atoms with Crippen LogP contribution in [-0.2, 0) is 0 Å². The number of H-pyrrole nitrogens is 1. The van der Waals surface area contributed by atoms with Gasteiger partial charge in [0.15, 0.2) is 5.69 Å². The van der Waals surface area contributed by atoms with Gasteiger partial charge in [-0.15, -0.1) is 0 Å². The van der Waals surface area contributed by atoms with Gasteiger partial charge in [0, 0.05) is 5.39 Å². The Morgan fingerprint density at radius 1 is 1.17 bits per heavy atom. The summed E-state index contributed by atoms with van der Waals surface area (Å²) in [5.41, 5.74) is 2.48. The first-order valence-corrected chi connectivity index (χ1v) is 6.71. The van der Waals surface area contributed by atoms with E-state index < -0.39 is 11.7 Å². The monoisotopic (exact) mass is 310 g/mol. The van der Waals surface area contributed by atoms with E-state index in [0.717, 1.165) is 0 Å². The number of halogens is 1. The molecule has 0 aliphatic heterocycles. The molecule has 2 aromatic carbocycles. The maximum Gasteiger partial charge on any atom is 0.292 e. The molecule has 3 rings (SSSR count). The number of carbonyl (C=O) groups excluding carboxylic acids is 1. The summed E-state index contributed by atoms with van der Waals surface area (Å²) in [5, 5.41) is 10.6.